The number of hydrogen-bond donors (Lipinski definition) is 1. The van der Waals surface area contributed by atoms with E-state index >= 15 is 0 Å². The average Bonchev–Trinajstić information content (AvgIpc) is 3.46. The highest BCUT2D eigenvalue weighted by Crippen LogP contribution is 2.37. The highest BCUT2D eigenvalue weighted by molar-refractivity contribution is 7.98. The van der Waals surface area contributed by atoms with Crippen LogP contribution in [0.1, 0.15) is 34.2 Å². The van der Waals surface area contributed by atoms with Gasteiger partial charge in [-0.05, 0) is 74.0 Å². The number of thioether (sulfide) groups is 1. The van der Waals surface area contributed by atoms with E-state index in [0.717, 1.165) is 51.7 Å². The Kier molecular flexibility index (Phi) is 11.2. The second kappa shape index (κ2) is 14.9. The molecule has 2 heterocycles. The molecule has 1 aliphatic heterocycles. The van der Waals surface area contributed by atoms with E-state index in [1.54, 1.807) is 19.1 Å². The standard InChI is InChI=1S/C33H31F6N3O5S3/c1-20-17-25(9-12-28(20)47-21(2)31(43)44)48-19-29-27(40-30(49-29)22-3-5-23(6-4-22)32(34,35)36)18-41-13-15-42(16-14-41)50(45,46)26-10-7-24(8-11-26)33(37,38)39/h3-12,17,21H,13-16,18-19H2,1-2H3,(H,43,44). The van der Waals surface area contributed by atoms with E-state index in [9.17, 15) is 39.6 Å². The van der Waals surface area contributed by atoms with Gasteiger partial charge in [-0.15, -0.1) is 23.1 Å². The quantitative estimate of drug-likeness (QED) is 0.122. The number of aryl methyl sites for hydroxylation is 1. The molecular formula is C33H31F6N3O5S3. The van der Waals surface area contributed by atoms with Crippen molar-refractivity contribution in [3.63, 3.8) is 0 Å². The monoisotopic (exact) mass is 759 g/mol. The average molecular weight is 760 g/mol. The molecule has 1 aliphatic rings. The SMILES string of the molecule is Cc1cc(SCc2sc(-c3ccc(C(F)(F)F)cc3)nc2CN2CCN(S(=O)(=O)c3ccc(C(F)(F)F)cc3)CC2)ccc1OC(C)C(=O)O. The van der Waals surface area contributed by atoms with Crippen LogP contribution in [0.3, 0.4) is 0 Å². The molecule has 1 unspecified atom stereocenters. The maximum absolute atomic E-state index is 13.2. The van der Waals surface area contributed by atoms with Crippen LogP contribution in [0.15, 0.2) is 76.5 Å². The molecule has 4 aromatic rings. The van der Waals surface area contributed by atoms with Gasteiger partial charge in [0.1, 0.15) is 10.8 Å². The van der Waals surface area contributed by atoms with Gasteiger partial charge < -0.3 is 9.84 Å². The van der Waals surface area contributed by atoms with E-state index in [0.29, 0.717) is 47.4 Å². The zero-order chi connectivity index (χ0) is 36.4. The molecule has 1 aromatic heterocycles. The maximum atomic E-state index is 13.2. The summed E-state index contributed by atoms with van der Waals surface area (Å²) in [5.74, 6) is -0.195. The van der Waals surface area contributed by atoms with Crippen LogP contribution in [0.2, 0.25) is 0 Å². The van der Waals surface area contributed by atoms with E-state index in [1.165, 1.54) is 46.5 Å². The number of alkyl halides is 6. The normalized spacial score (nSPS) is 15.6. The molecule has 1 fully saturated rings. The Hall–Kier alpha value is -3.64. The third-order valence-electron chi connectivity index (χ3n) is 7.93. The predicted octanol–water partition coefficient (Wildman–Crippen LogP) is 7.81. The number of aliphatic carboxylic acids is 1. The lowest BCUT2D eigenvalue weighted by Gasteiger charge is -2.33. The summed E-state index contributed by atoms with van der Waals surface area (Å²) in [6.45, 7) is 4.38. The van der Waals surface area contributed by atoms with E-state index < -0.39 is 45.6 Å². The molecule has 0 spiro atoms. The largest absolute Gasteiger partial charge is 0.479 e. The van der Waals surface area contributed by atoms with Gasteiger partial charge in [0.05, 0.1) is 21.7 Å². The van der Waals surface area contributed by atoms with E-state index in [-0.39, 0.29) is 18.0 Å². The van der Waals surface area contributed by atoms with Gasteiger partial charge in [0.2, 0.25) is 10.0 Å². The van der Waals surface area contributed by atoms with Gasteiger partial charge in [-0.3, -0.25) is 4.90 Å². The molecule has 1 atom stereocenters. The minimum atomic E-state index is -4.59. The molecular weight excluding hydrogens is 729 g/mol. The third-order valence-corrected chi connectivity index (χ3v) is 12.2. The minimum absolute atomic E-state index is 0.0948. The summed E-state index contributed by atoms with van der Waals surface area (Å²) in [4.78, 5) is 19.5. The number of nitrogens with zero attached hydrogens (tertiary/aromatic N) is 3. The zero-order valence-electron chi connectivity index (χ0n) is 26.6. The summed E-state index contributed by atoms with van der Waals surface area (Å²) < 4.78 is 112. The smallest absolute Gasteiger partial charge is 0.416 e. The van der Waals surface area contributed by atoms with Gasteiger partial charge in [0.15, 0.2) is 6.10 Å². The summed E-state index contributed by atoms with van der Waals surface area (Å²) >= 11 is 2.83. The van der Waals surface area contributed by atoms with Crippen molar-refractivity contribution in [2.24, 2.45) is 0 Å². The Morgan fingerprint density at radius 1 is 0.940 bits per heavy atom. The van der Waals surface area contributed by atoms with Crippen molar-refractivity contribution < 1.29 is 49.4 Å². The number of rotatable bonds is 11. The Balaban J connectivity index is 1.31. The fourth-order valence-electron chi connectivity index (χ4n) is 5.08. The molecule has 0 bridgehead atoms. The number of thiazole rings is 1. The second-order valence-electron chi connectivity index (χ2n) is 11.5. The van der Waals surface area contributed by atoms with Crippen LogP contribution < -0.4 is 4.74 Å². The number of hydrogen-bond acceptors (Lipinski definition) is 8. The maximum Gasteiger partial charge on any atom is 0.416 e. The first kappa shape index (κ1) is 37.6. The molecule has 17 heteroatoms. The molecule has 8 nitrogen and oxygen atoms in total. The van der Waals surface area contributed by atoms with Crippen LogP contribution in [0.25, 0.3) is 10.6 Å². The molecule has 5 rings (SSSR count). The van der Waals surface area contributed by atoms with Gasteiger partial charge >= 0.3 is 18.3 Å². The number of ether oxygens (including phenoxy) is 1. The zero-order valence-corrected chi connectivity index (χ0v) is 29.0. The van der Waals surface area contributed by atoms with Crippen LogP contribution in [0.4, 0.5) is 26.3 Å². The highest BCUT2D eigenvalue weighted by atomic mass is 32.2. The summed E-state index contributed by atoms with van der Waals surface area (Å²) in [7, 11) is -4.03. The van der Waals surface area contributed by atoms with Gasteiger partial charge in [-0.1, -0.05) is 12.1 Å². The van der Waals surface area contributed by atoms with Crippen LogP contribution in [-0.2, 0) is 39.5 Å². The predicted molar refractivity (Wildman–Crippen MR) is 176 cm³/mol. The van der Waals surface area contributed by atoms with Gasteiger partial charge in [-0.25, -0.2) is 18.2 Å². The Labute approximate surface area is 292 Å². The lowest BCUT2D eigenvalue weighted by molar-refractivity contribution is -0.144. The fourth-order valence-corrected chi connectivity index (χ4v) is 8.68. The molecule has 3 aromatic carbocycles. The topological polar surface area (TPSA) is 100 Å². The Bertz CT molecular complexity index is 1920. The van der Waals surface area contributed by atoms with Crippen molar-refractivity contribution in [3.05, 3.63) is 94.0 Å². The Morgan fingerprint density at radius 2 is 1.52 bits per heavy atom. The van der Waals surface area contributed by atoms with Crippen molar-refractivity contribution in [3.8, 4) is 16.3 Å². The van der Waals surface area contributed by atoms with Gasteiger partial charge in [0, 0.05) is 53.8 Å². The van der Waals surface area contributed by atoms with Crippen molar-refractivity contribution >= 4 is 39.1 Å². The first-order valence-electron chi connectivity index (χ1n) is 15.1. The number of benzene rings is 3. The lowest BCUT2D eigenvalue weighted by atomic mass is 10.1. The molecule has 50 heavy (non-hydrogen) atoms. The number of halogens is 6. The number of aromatic nitrogens is 1. The van der Waals surface area contributed by atoms with Crippen LogP contribution in [0, 0.1) is 6.92 Å². The van der Waals surface area contributed by atoms with Crippen LogP contribution in [-0.4, -0.2) is 66.0 Å². The number of carboxylic acid groups (broad SMARTS) is 1. The number of piperazine rings is 1. The molecule has 1 saturated heterocycles. The van der Waals surface area contributed by atoms with Crippen molar-refractivity contribution in [1.29, 1.82) is 0 Å². The highest BCUT2D eigenvalue weighted by Gasteiger charge is 2.33. The molecule has 1 N–H and O–H groups in total. The van der Waals surface area contributed by atoms with Crippen LogP contribution >= 0.6 is 23.1 Å². The fraction of sp³-hybridized carbons (Fsp3) is 0.333. The summed E-state index contributed by atoms with van der Waals surface area (Å²) in [5, 5.41) is 9.68. The first-order valence-corrected chi connectivity index (χ1v) is 18.3. The van der Waals surface area contributed by atoms with E-state index in [1.807, 2.05) is 11.0 Å². The molecule has 0 saturated carbocycles. The van der Waals surface area contributed by atoms with Crippen molar-refractivity contribution in [1.82, 2.24) is 14.2 Å². The molecule has 0 amide bonds. The molecule has 268 valence electrons. The second-order valence-corrected chi connectivity index (χ2v) is 15.6. The third kappa shape index (κ3) is 8.98. The number of carbonyl (C=O) groups is 1. The summed E-state index contributed by atoms with van der Waals surface area (Å²) in [5.41, 5.74) is 0.211. The van der Waals surface area contributed by atoms with E-state index in [4.69, 9.17) is 14.8 Å². The van der Waals surface area contributed by atoms with Crippen molar-refractivity contribution in [2.75, 3.05) is 26.2 Å². The summed E-state index contributed by atoms with van der Waals surface area (Å²) in [6.07, 6.45) is -10.1. The number of sulfonamides is 1. The van der Waals surface area contributed by atoms with Gasteiger partial charge in [0.25, 0.3) is 0 Å². The van der Waals surface area contributed by atoms with Gasteiger partial charge in [-0.2, -0.15) is 30.6 Å². The first-order chi connectivity index (χ1) is 23.4. The van der Waals surface area contributed by atoms with Crippen molar-refractivity contribution in [2.45, 2.75) is 54.4 Å². The van der Waals surface area contributed by atoms with Crippen LogP contribution in [0.5, 0.6) is 5.75 Å². The lowest BCUT2D eigenvalue weighted by Crippen LogP contribution is -2.48. The minimum Gasteiger partial charge on any atom is -0.479 e. The molecule has 0 radical (unpaired) electrons. The summed E-state index contributed by atoms with van der Waals surface area (Å²) in [6, 6.07) is 13.5. The number of carboxylic acids is 1. The van der Waals surface area contributed by atoms with E-state index in [2.05, 4.69) is 0 Å². The Morgan fingerprint density at radius 3 is 2.06 bits per heavy atom. The molecule has 0 aliphatic carbocycles.